The highest BCUT2D eigenvalue weighted by molar-refractivity contribution is 7.14. The zero-order valence-corrected chi connectivity index (χ0v) is 15.1. The number of nitrogens with zero attached hydrogens (tertiary/aromatic N) is 1. The van der Waals surface area contributed by atoms with Gasteiger partial charge < -0.3 is 10.1 Å². The fourth-order valence-corrected chi connectivity index (χ4v) is 3.18. The lowest BCUT2D eigenvalue weighted by Crippen LogP contribution is -2.19. The number of para-hydroxylation sites is 1. The van der Waals surface area contributed by atoms with Crippen molar-refractivity contribution in [1.29, 1.82) is 0 Å². The Kier molecular flexibility index (Phi) is 5.00. The van der Waals surface area contributed by atoms with Crippen molar-refractivity contribution in [1.82, 2.24) is 4.98 Å². The number of carbonyl (C=O) groups is 1. The maximum absolute atomic E-state index is 12.1. The van der Waals surface area contributed by atoms with E-state index in [1.165, 1.54) is 11.3 Å². The quantitative estimate of drug-likeness (QED) is 0.687. The van der Waals surface area contributed by atoms with Gasteiger partial charge in [0.15, 0.2) is 5.13 Å². The molecule has 128 valence electrons. The molecular formula is C19H19N3O2S. The number of amides is 2. The second kappa shape index (κ2) is 7.36. The molecule has 3 rings (SSSR count). The summed E-state index contributed by atoms with van der Waals surface area (Å²) in [6.45, 7) is 3.94. The highest BCUT2D eigenvalue weighted by Crippen LogP contribution is 2.28. The van der Waals surface area contributed by atoms with Gasteiger partial charge in [0.25, 0.3) is 0 Å². The topological polar surface area (TPSA) is 63.2 Å². The van der Waals surface area contributed by atoms with E-state index in [9.17, 15) is 4.79 Å². The van der Waals surface area contributed by atoms with Crippen LogP contribution in [-0.2, 0) is 0 Å². The van der Waals surface area contributed by atoms with Gasteiger partial charge in [-0.3, -0.25) is 5.32 Å². The van der Waals surface area contributed by atoms with Gasteiger partial charge in [-0.2, -0.15) is 0 Å². The Morgan fingerprint density at radius 2 is 1.88 bits per heavy atom. The number of ether oxygens (including phenoxy) is 1. The van der Waals surface area contributed by atoms with Crippen LogP contribution < -0.4 is 15.4 Å². The standard InChI is InChI=1S/C19H19N3O2S/c1-12-6-4-5-7-15(12)20-18(23)22-19-21-16(11-25-19)14-8-9-17(24-3)13(2)10-14/h4-11H,1-3H3,(H2,20,21,22,23). The third-order valence-corrected chi connectivity index (χ3v) is 4.57. The van der Waals surface area contributed by atoms with Crippen LogP contribution in [-0.4, -0.2) is 18.1 Å². The molecule has 0 aliphatic carbocycles. The number of thiazole rings is 1. The number of urea groups is 1. The Hall–Kier alpha value is -2.86. The molecule has 0 bridgehead atoms. The molecule has 25 heavy (non-hydrogen) atoms. The summed E-state index contributed by atoms with van der Waals surface area (Å²) in [5.41, 5.74) is 4.64. The number of benzene rings is 2. The molecular weight excluding hydrogens is 334 g/mol. The van der Waals surface area contributed by atoms with Crippen LogP contribution in [0.4, 0.5) is 15.6 Å². The number of nitrogens with one attached hydrogen (secondary N) is 2. The van der Waals surface area contributed by atoms with Crippen LogP contribution in [0.2, 0.25) is 0 Å². The number of aryl methyl sites for hydroxylation is 2. The third-order valence-electron chi connectivity index (χ3n) is 3.81. The molecule has 0 saturated carbocycles. The van der Waals surface area contributed by atoms with E-state index in [0.717, 1.165) is 33.8 Å². The second-order valence-electron chi connectivity index (χ2n) is 5.62. The van der Waals surface area contributed by atoms with E-state index in [2.05, 4.69) is 15.6 Å². The van der Waals surface area contributed by atoms with Crippen LogP contribution >= 0.6 is 11.3 Å². The summed E-state index contributed by atoms with van der Waals surface area (Å²) in [4.78, 5) is 16.6. The van der Waals surface area contributed by atoms with Crippen molar-refractivity contribution >= 4 is 28.2 Å². The lowest BCUT2D eigenvalue weighted by Gasteiger charge is -2.08. The fraction of sp³-hybridized carbons (Fsp3) is 0.158. The first-order chi connectivity index (χ1) is 12.1. The Morgan fingerprint density at radius 1 is 1.08 bits per heavy atom. The summed E-state index contributed by atoms with van der Waals surface area (Å²) in [5.74, 6) is 0.843. The minimum absolute atomic E-state index is 0.305. The molecule has 1 aromatic heterocycles. The molecule has 1 heterocycles. The largest absolute Gasteiger partial charge is 0.496 e. The lowest BCUT2D eigenvalue weighted by molar-refractivity contribution is 0.262. The van der Waals surface area contributed by atoms with Crippen molar-refractivity contribution < 1.29 is 9.53 Å². The van der Waals surface area contributed by atoms with Gasteiger partial charge in [-0.25, -0.2) is 9.78 Å². The van der Waals surface area contributed by atoms with E-state index in [-0.39, 0.29) is 6.03 Å². The van der Waals surface area contributed by atoms with Gasteiger partial charge in [-0.1, -0.05) is 18.2 Å². The van der Waals surface area contributed by atoms with Gasteiger partial charge in [0.2, 0.25) is 0 Å². The predicted octanol–water partition coefficient (Wildman–Crippen LogP) is 5.08. The first kappa shape index (κ1) is 17.0. The van der Waals surface area contributed by atoms with Crippen LogP contribution in [0, 0.1) is 13.8 Å². The molecule has 0 unspecified atom stereocenters. The number of hydrogen-bond donors (Lipinski definition) is 2. The van der Waals surface area contributed by atoms with Gasteiger partial charge in [0.1, 0.15) is 5.75 Å². The van der Waals surface area contributed by atoms with Crippen LogP contribution in [0.1, 0.15) is 11.1 Å². The number of carbonyl (C=O) groups excluding carboxylic acids is 1. The van der Waals surface area contributed by atoms with Gasteiger partial charge in [-0.15, -0.1) is 11.3 Å². The maximum atomic E-state index is 12.1. The normalized spacial score (nSPS) is 10.4. The first-order valence-electron chi connectivity index (χ1n) is 7.81. The molecule has 0 saturated heterocycles. The number of rotatable bonds is 4. The summed E-state index contributed by atoms with van der Waals surface area (Å²) in [6.07, 6.45) is 0. The summed E-state index contributed by atoms with van der Waals surface area (Å²) >= 11 is 1.39. The number of methoxy groups -OCH3 is 1. The zero-order valence-electron chi connectivity index (χ0n) is 14.3. The summed E-state index contributed by atoms with van der Waals surface area (Å²) in [6, 6.07) is 13.2. The molecule has 0 aliphatic rings. The lowest BCUT2D eigenvalue weighted by atomic mass is 10.1. The number of aromatic nitrogens is 1. The summed E-state index contributed by atoms with van der Waals surface area (Å²) in [7, 11) is 1.65. The Labute approximate surface area is 150 Å². The van der Waals surface area contributed by atoms with Crippen LogP contribution in [0.3, 0.4) is 0 Å². The number of anilines is 2. The minimum atomic E-state index is -0.305. The van der Waals surface area contributed by atoms with Crippen LogP contribution in [0.15, 0.2) is 47.8 Å². The molecule has 0 aliphatic heterocycles. The van der Waals surface area contributed by atoms with E-state index < -0.39 is 0 Å². The molecule has 2 amide bonds. The monoisotopic (exact) mass is 353 g/mol. The summed E-state index contributed by atoms with van der Waals surface area (Å²) < 4.78 is 5.28. The van der Waals surface area contributed by atoms with E-state index in [0.29, 0.717) is 5.13 Å². The molecule has 6 heteroatoms. The highest BCUT2D eigenvalue weighted by Gasteiger charge is 2.10. The average Bonchev–Trinajstić information content (AvgIpc) is 3.05. The zero-order chi connectivity index (χ0) is 17.8. The van der Waals surface area contributed by atoms with Gasteiger partial charge in [-0.05, 0) is 49.2 Å². The van der Waals surface area contributed by atoms with Crippen molar-refractivity contribution in [2.45, 2.75) is 13.8 Å². The SMILES string of the molecule is COc1ccc(-c2csc(NC(=O)Nc3ccccc3C)n2)cc1C. The average molecular weight is 353 g/mol. The Morgan fingerprint density at radius 3 is 2.60 bits per heavy atom. The van der Waals surface area contributed by atoms with Crippen molar-refractivity contribution in [3.8, 4) is 17.0 Å². The molecule has 5 nitrogen and oxygen atoms in total. The van der Waals surface area contributed by atoms with Crippen LogP contribution in [0.25, 0.3) is 11.3 Å². The number of hydrogen-bond acceptors (Lipinski definition) is 4. The van der Waals surface area contributed by atoms with Crippen molar-refractivity contribution in [3.05, 3.63) is 59.0 Å². The first-order valence-corrected chi connectivity index (χ1v) is 8.69. The molecule has 2 N–H and O–H groups in total. The predicted molar refractivity (Wildman–Crippen MR) is 103 cm³/mol. The van der Waals surface area contributed by atoms with Crippen molar-refractivity contribution in [2.75, 3.05) is 17.7 Å². The Bertz CT molecular complexity index is 905. The smallest absolute Gasteiger partial charge is 0.325 e. The molecule has 3 aromatic rings. The van der Waals surface area contributed by atoms with Crippen molar-refractivity contribution in [3.63, 3.8) is 0 Å². The maximum Gasteiger partial charge on any atom is 0.325 e. The van der Waals surface area contributed by atoms with E-state index in [4.69, 9.17) is 4.74 Å². The molecule has 0 radical (unpaired) electrons. The Balaban J connectivity index is 1.70. The van der Waals surface area contributed by atoms with Gasteiger partial charge in [0, 0.05) is 16.6 Å². The van der Waals surface area contributed by atoms with E-state index >= 15 is 0 Å². The van der Waals surface area contributed by atoms with Crippen molar-refractivity contribution in [2.24, 2.45) is 0 Å². The van der Waals surface area contributed by atoms with E-state index in [1.54, 1.807) is 7.11 Å². The summed E-state index contributed by atoms with van der Waals surface area (Å²) in [5, 5.41) is 8.08. The molecule has 0 spiro atoms. The molecule has 2 aromatic carbocycles. The fourth-order valence-electron chi connectivity index (χ4n) is 2.47. The third kappa shape index (κ3) is 3.97. The van der Waals surface area contributed by atoms with E-state index in [1.807, 2.05) is 61.7 Å². The molecule has 0 atom stereocenters. The van der Waals surface area contributed by atoms with Crippen LogP contribution in [0.5, 0.6) is 5.75 Å². The van der Waals surface area contributed by atoms with Gasteiger partial charge >= 0.3 is 6.03 Å². The highest BCUT2D eigenvalue weighted by atomic mass is 32.1. The minimum Gasteiger partial charge on any atom is -0.496 e. The molecule has 0 fully saturated rings. The second-order valence-corrected chi connectivity index (χ2v) is 6.47. The van der Waals surface area contributed by atoms with Gasteiger partial charge in [0.05, 0.1) is 12.8 Å².